The van der Waals surface area contributed by atoms with Gasteiger partial charge in [-0.1, -0.05) is 36.4 Å². The number of ether oxygens (including phenoxy) is 2. The second-order valence-electron chi connectivity index (χ2n) is 7.73. The molecule has 0 aromatic heterocycles. The van der Waals surface area contributed by atoms with Crippen LogP contribution in [-0.2, 0) is 20.7 Å². The average molecular weight is 444 g/mol. The van der Waals surface area contributed by atoms with Crippen molar-refractivity contribution in [1.82, 2.24) is 5.32 Å². The average Bonchev–Trinajstić information content (AvgIpc) is 3.18. The number of amides is 2. The molecule has 3 aromatic rings. The van der Waals surface area contributed by atoms with E-state index in [4.69, 9.17) is 9.47 Å². The molecule has 33 heavy (non-hydrogen) atoms. The minimum absolute atomic E-state index is 0.00199. The first kappa shape index (κ1) is 22.1. The zero-order valence-corrected chi connectivity index (χ0v) is 18.2. The summed E-state index contributed by atoms with van der Waals surface area (Å²) >= 11 is 0. The molecule has 168 valence electrons. The second-order valence-corrected chi connectivity index (χ2v) is 7.73. The number of nitrogens with one attached hydrogen (secondary N) is 1. The van der Waals surface area contributed by atoms with Crippen LogP contribution in [0.1, 0.15) is 22.8 Å². The zero-order valence-electron chi connectivity index (χ0n) is 18.2. The molecule has 0 fully saturated rings. The number of hydrogen-bond acceptors (Lipinski definition) is 5. The first-order valence-electron chi connectivity index (χ1n) is 10.7. The van der Waals surface area contributed by atoms with E-state index in [0.29, 0.717) is 17.1 Å². The molecular weight excluding hydrogens is 420 g/mol. The van der Waals surface area contributed by atoms with Crippen molar-refractivity contribution in [2.45, 2.75) is 19.4 Å². The van der Waals surface area contributed by atoms with E-state index < -0.39 is 11.9 Å². The largest absolute Gasteiger partial charge is 0.457 e. The first-order valence-corrected chi connectivity index (χ1v) is 10.7. The van der Waals surface area contributed by atoms with Crippen LogP contribution in [0.5, 0.6) is 11.5 Å². The molecule has 0 aliphatic carbocycles. The van der Waals surface area contributed by atoms with E-state index in [9.17, 15) is 14.4 Å². The van der Waals surface area contributed by atoms with Crippen molar-refractivity contribution in [2.24, 2.45) is 0 Å². The van der Waals surface area contributed by atoms with E-state index >= 15 is 0 Å². The maximum atomic E-state index is 12.6. The van der Waals surface area contributed by atoms with Gasteiger partial charge in [-0.2, -0.15) is 0 Å². The van der Waals surface area contributed by atoms with Crippen molar-refractivity contribution in [2.75, 3.05) is 18.1 Å². The number of rotatable bonds is 7. The van der Waals surface area contributed by atoms with E-state index in [1.807, 2.05) is 61.5 Å². The zero-order chi connectivity index (χ0) is 23.2. The fourth-order valence-corrected chi connectivity index (χ4v) is 3.76. The van der Waals surface area contributed by atoms with Gasteiger partial charge in [0.15, 0.2) is 6.61 Å². The van der Waals surface area contributed by atoms with Crippen molar-refractivity contribution in [1.29, 1.82) is 0 Å². The van der Waals surface area contributed by atoms with E-state index in [1.165, 1.54) is 0 Å². The number of benzene rings is 3. The molecule has 0 radical (unpaired) electrons. The van der Waals surface area contributed by atoms with Gasteiger partial charge in [-0.3, -0.25) is 14.4 Å². The number of carbonyl (C=O) groups is 3. The van der Waals surface area contributed by atoms with Crippen molar-refractivity contribution in [3.05, 3.63) is 90.0 Å². The highest BCUT2D eigenvalue weighted by Crippen LogP contribution is 2.31. The molecule has 4 rings (SSSR count). The molecule has 1 heterocycles. The standard InChI is InChI=1S/C26H24N2O5/c1-18-15-20-7-5-6-10-23(20)28(18)24(29)17-32-25(30)16-27-26(31)19-11-13-22(14-12-19)33-21-8-3-2-4-9-21/h2-14,18H,15-17H2,1H3,(H,27,31). The normalized spacial score (nSPS) is 14.3. The maximum Gasteiger partial charge on any atom is 0.325 e. The molecule has 0 saturated heterocycles. The molecule has 1 aliphatic rings. The number of hydrogen-bond donors (Lipinski definition) is 1. The second kappa shape index (κ2) is 9.99. The summed E-state index contributed by atoms with van der Waals surface area (Å²) in [5.74, 6) is -0.110. The Labute approximate surface area is 191 Å². The Hall–Kier alpha value is -4.13. The van der Waals surface area contributed by atoms with Crippen molar-refractivity contribution in [3.8, 4) is 11.5 Å². The monoisotopic (exact) mass is 444 g/mol. The van der Waals surface area contributed by atoms with Crippen LogP contribution in [0, 0.1) is 0 Å². The molecule has 3 aromatic carbocycles. The Morgan fingerprint density at radius 2 is 1.58 bits per heavy atom. The Morgan fingerprint density at radius 3 is 2.33 bits per heavy atom. The lowest BCUT2D eigenvalue weighted by atomic mass is 10.1. The smallest absolute Gasteiger partial charge is 0.325 e. The summed E-state index contributed by atoms with van der Waals surface area (Å²) < 4.78 is 10.8. The predicted molar refractivity (Wildman–Crippen MR) is 123 cm³/mol. The van der Waals surface area contributed by atoms with Crippen LogP contribution in [0.15, 0.2) is 78.9 Å². The lowest BCUT2D eigenvalue weighted by molar-refractivity contribution is -0.146. The van der Waals surface area contributed by atoms with Gasteiger partial charge in [-0.15, -0.1) is 0 Å². The Balaban J connectivity index is 1.23. The van der Waals surface area contributed by atoms with Crippen molar-refractivity contribution >= 4 is 23.5 Å². The topological polar surface area (TPSA) is 84.9 Å². The molecule has 7 nitrogen and oxygen atoms in total. The summed E-state index contributed by atoms with van der Waals surface area (Å²) in [6.07, 6.45) is 0.765. The van der Waals surface area contributed by atoms with Crippen LogP contribution in [0.25, 0.3) is 0 Å². The maximum absolute atomic E-state index is 12.6. The van der Waals surface area contributed by atoms with Crippen LogP contribution in [0.3, 0.4) is 0 Å². The summed E-state index contributed by atoms with van der Waals surface area (Å²) in [4.78, 5) is 38.6. The number of fused-ring (bicyclic) bond motifs is 1. The van der Waals surface area contributed by atoms with Crippen LogP contribution in [-0.4, -0.2) is 37.0 Å². The summed E-state index contributed by atoms with van der Waals surface area (Å²) in [5, 5.41) is 2.51. The number of carbonyl (C=O) groups excluding carboxylic acids is 3. The molecule has 2 amide bonds. The fourth-order valence-electron chi connectivity index (χ4n) is 3.76. The lowest BCUT2D eigenvalue weighted by Gasteiger charge is -2.22. The summed E-state index contributed by atoms with van der Waals surface area (Å²) in [5.41, 5.74) is 2.32. The van der Waals surface area contributed by atoms with E-state index in [0.717, 1.165) is 17.7 Å². The number of para-hydroxylation sites is 2. The van der Waals surface area contributed by atoms with Crippen LogP contribution < -0.4 is 15.0 Å². The number of esters is 1. The van der Waals surface area contributed by atoms with E-state index in [-0.39, 0.29) is 25.1 Å². The van der Waals surface area contributed by atoms with E-state index in [2.05, 4.69) is 5.32 Å². The highest BCUT2D eigenvalue weighted by molar-refractivity contribution is 5.98. The molecule has 1 atom stereocenters. The molecule has 0 saturated carbocycles. The third-order valence-corrected chi connectivity index (χ3v) is 5.32. The van der Waals surface area contributed by atoms with Gasteiger partial charge in [0.2, 0.25) is 0 Å². The Morgan fingerprint density at radius 1 is 0.909 bits per heavy atom. The van der Waals surface area contributed by atoms with Gasteiger partial charge in [-0.25, -0.2) is 0 Å². The third-order valence-electron chi connectivity index (χ3n) is 5.32. The summed E-state index contributed by atoms with van der Waals surface area (Å²) in [7, 11) is 0. The van der Waals surface area contributed by atoms with Crippen LogP contribution in [0.4, 0.5) is 5.69 Å². The van der Waals surface area contributed by atoms with Gasteiger partial charge < -0.3 is 19.7 Å². The Kier molecular flexibility index (Phi) is 6.69. The highest BCUT2D eigenvalue weighted by Gasteiger charge is 2.30. The van der Waals surface area contributed by atoms with Crippen molar-refractivity contribution < 1.29 is 23.9 Å². The third kappa shape index (κ3) is 5.38. The fraction of sp³-hybridized carbons (Fsp3) is 0.192. The minimum atomic E-state index is -0.680. The lowest BCUT2D eigenvalue weighted by Crippen LogP contribution is -2.39. The number of nitrogens with zero attached hydrogens (tertiary/aromatic N) is 1. The molecule has 1 unspecified atom stereocenters. The molecule has 1 aliphatic heterocycles. The minimum Gasteiger partial charge on any atom is -0.457 e. The highest BCUT2D eigenvalue weighted by atomic mass is 16.5. The first-order chi connectivity index (χ1) is 16.0. The predicted octanol–water partition coefficient (Wildman–Crippen LogP) is 3.73. The molecule has 1 N–H and O–H groups in total. The van der Waals surface area contributed by atoms with Crippen LogP contribution in [0.2, 0.25) is 0 Å². The number of anilines is 1. The van der Waals surface area contributed by atoms with Crippen molar-refractivity contribution in [3.63, 3.8) is 0 Å². The van der Waals surface area contributed by atoms with Gasteiger partial charge in [0.25, 0.3) is 11.8 Å². The Bertz CT molecular complexity index is 1140. The van der Waals surface area contributed by atoms with Gasteiger partial charge in [0.05, 0.1) is 0 Å². The van der Waals surface area contributed by atoms with Gasteiger partial charge in [0, 0.05) is 17.3 Å². The van der Waals surface area contributed by atoms with Gasteiger partial charge >= 0.3 is 5.97 Å². The SMILES string of the molecule is CC1Cc2ccccc2N1C(=O)COC(=O)CNC(=O)c1ccc(Oc2ccccc2)cc1. The summed E-state index contributed by atoms with van der Waals surface area (Å²) in [6, 6.07) is 23.5. The van der Waals surface area contributed by atoms with Gasteiger partial charge in [-0.05, 0) is 61.4 Å². The molecular formula is C26H24N2O5. The van der Waals surface area contributed by atoms with Crippen LogP contribution >= 0.6 is 0 Å². The van der Waals surface area contributed by atoms with Gasteiger partial charge in [0.1, 0.15) is 18.0 Å². The molecule has 7 heteroatoms. The molecule has 0 bridgehead atoms. The molecule has 0 spiro atoms. The van der Waals surface area contributed by atoms with E-state index in [1.54, 1.807) is 29.2 Å². The quantitative estimate of drug-likeness (QED) is 0.562. The summed E-state index contributed by atoms with van der Waals surface area (Å²) in [6.45, 7) is 1.25.